The van der Waals surface area contributed by atoms with E-state index in [1.54, 1.807) is 12.1 Å². The number of aromatic nitrogens is 2. The van der Waals surface area contributed by atoms with Gasteiger partial charge in [0.05, 0.1) is 29.1 Å². The third kappa shape index (κ3) is 1.90. The third-order valence-electron chi connectivity index (χ3n) is 2.14. The number of carbonyl (C=O) groups is 1. The first-order valence-electron chi connectivity index (χ1n) is 4.40. The Hall–Kier alpha value is -1.87. The van der Waals surface area contributed by atoms with Gasteiger partial charge >= 0.3 is 5.97 Å². The average Bonchev–Trinajstić information content (AvgIpc) is 2.55. The molecule has 0 saturated heterocycles. The van der Waals surface area contributed by atoms with Crippen molar-refractivity contribution in [3.63, 3.8) is 0 Å². The van der Waals surface area contributed by atoms with Crippen molar-refractivity contribution in [2.45, 2.75) is 6.42 Å². The number of benzene rings is 1. The van der Waals surface area contributed by atoms with E-state index in [-0.39, 0.29) is 6.42 Å². The highest BCUT2D eigenvalue weighted by Gasteiger charge is 2.10. The molecule has 0 bridgehead atoms. The zero-order chi connectivity index (χ0) is 11.7. The summed E-state index contributed by atoms with van der Waals surface area (Å²) < 4.78 is 0.555. The van der Waals surface area contributed by atoms with Crippen LogP contribution in [-0.2, 0) is 11.2 Å². The Bertz CT molecular complexity index is 612. The molecule has 1 aromatic carbocycles. The second kappa shape index (κ2) is 3.94. The Labute approximate surface area is 98.9 Å². The fourth-order valence-electron chi connectivity index (χ4n) is 1.48. The lowest BCUT2D eigenvalue weighted by Gasteiger charge is -2.00. The minimum Gasteiger partial charge on any atom is -0.481 e. The Morgan fingerprint density at radius 3 is 3.00 bits per heavy atom. The molecule has 0 unspecified atom stereocenters. The first kappa shape index (κ1) is 10.6. The number of hydrogen-bond acceptors (Lipinski definition) is 3. The van der Waals surface area contributed by atoms with Gasteiger partial charge in [0.2, 0.25) is 0 Å². The Balaban J connectivity index is 2.63. The molecule has 0 radical (unpaired) electrons. The number of nitrogens with zero attached hydrogens (tertiary/aromatic N) is 2. The summed E-state index contributed by atoms with van der Waals surface area (Å²) in [5.74, 6) is -0.963. The second-order valence-corrected chi connectivity index (χ2v) is 3.99. The number of carboxylic acids is 1. The summed E-state index contributed by atoms with van der Waals surface area (Å²) in [6.45, 7) is 0. The van der Waals surface area contributed by atoms with Crippen LogP contribution in [0.2, 0.25) is 0 Å². The molecule has 0 aliphatic rings. The standard InChI is InChI=1S/C10H6BrN3O2/c11-10-13-7-1-5(3-9(15)16)6(4-12)2-8(7)14-10/h1-2H,3H2,(H,13,14)(H,15,16). The molecule has 0 aliphatic carbocycles. The molecule has 2 N–H and O–H groups in total. The van der Waals surface area contributed by atoms with E-state index in [4.69, 9.17) is 10.4 Å². The summed E-state index contributed by atoms with van der Waals surface area (Å²) in [4.78, 5) is 17.7. The van der Waals surface area contributed by atoms with Gasteiger partial charge in [-0.3, -0.25) is 4.79 Å². The van der Waals surface area contributed by atoms with Crippen molar-refractivity contribution >= 4 is 32.9 Å². The van der Waals surface area contributed by atoms with E-state index in [0.717, 1.165) is 0 Å². The molecular formula is C10H6BrN3O2. The van der Waals surface area contributed by atoms with Gasteiger partial charge in [-0.2, -0.15) is 5.26 Å². The first-order valence-corrected chi connectivity index (χ1v) is 5.19. The number of halogens is 1. The number of rotatable bonds is 2. The van der Waals surface area contributed by atoms with Gasteiger partial charge in [-0.25, -0.2) is 4.98 Å². The Kier molecular flexibility index (Phi) is 2.62. The number of aromatic amines is 1. The summed E-state index contributed by atoms with van der Waals surface area (Å²) in [6, 6.07) is 5.19. The van der Waals surface area contributed by atoms with Crippen LogP contribution in [0.15, 0.2) is 16.9 Å². The van der Waals surface area contributed by atoms with E-state index < -0.39 is 5.97 Å². The van der Waals surface area contributed by atoms with Crippen molar-refractivity contribution in [1.82, 2.24) is 9.97 Å². The summed E-state index contributed by atoms with van der Waals surface area (Å²) >= 11 is 3.18. The normalized spacial score (nSPS) is 10.2. The van der Waals surface area contributed by atoms with E-state index in [9.17, 15) is 4.79 Å². The molecule has 0 fully saturated rings. The SMILES string of the molecule is N#Cc1cc2nc(Br)[nH]c2cc1CC(=O)O. The Morgan fingerprint density at radius 2 is 2.38 bits per heavy atom. The van der Waals surface area contributed by atoms with Crippen molar-refractivity contribution in [3.8, 4) is 6.07 Å². The maximum Gasteiger partial charge on any atom is 0.307 e. The molecular weight excluding hydrogens is 274 g/mol. The second-order valence-electron chi connectivity index (χ2n) is 3.24. The van der Waals surface area contributed by atoms with Crippen LogP contribution in [-0.4, -0.2) is 21.0 Å². The summed E-state index contributed by atoms with van der Waals surface area (Å²) in [6.07, 6.45) is -0.171. The fourth-order valence-corrected chi connectivity index (χ4v) is 1.89. The highest BCUT2D eigenvalue weighted by molar-refractivity contribution is 9.10. The van der Waals surface area contributed by atoms with Crippen LogP contribution < -0.4 is 0 Å². The predicted octanol–water partition coefficient (Wildman–Crippen LogP) is 1.82. The highest BCUT2D eigenvalue weighted by atomic mass is 79.9. The fraction of sp³-hybridized carbons (Fsp3) is 0.100. The van der Waals surface area contributed by atoms with Gasteiger partial charge in [0.1, 0.15) is 0 Å². The lowest BCUT2D eigenvalue weighted by molar-refractivity contribution is -0.136. The van der Waals surface area contributed by atoms with Gasteiger partial charge < -0.3 is 10.1 Å². The zero-order valence-corrected chi connectivity index (χ0v) is 9.58. The molecule has 0 amide bonds. The van der Waals surface area contributed by atoms with E-state index in [2.05, 4.69) is 25.9 Å². The molecule has 16 heavy (non-hydrogen) atoms. The number of nitriles is 1. The lowest BCUT2D eigenvalue weighted by atomic mass is 10.0. The summed E-state index contributed by atoms with van der Waals surface area (Å²) in [5, 5.41) is 17.6. The summed E-state index contributed by atoms with van der Waals surface area (Å²) in [5.41, 5.74) is 2.17. The van der Waals surface area contributed by atoms with Crippen molar-refractivity contribution in [2.75, 3.05) is 0 Å². The van der Waals surface area contributed by atoms with Crippen molar-refractivity contribution < 1.29 is 9.90 Å². The molecule has 2 rings (SSSR count). The van der Waals surface area contributed by atoms with Crippen LogP contribution in [0.3, 0.4) is 0 Å². The monoisotopic (exact) mass is 279 g/mol. The van der Waals surface area contributed by atoms with Crippen LogP contribution in [0, 0.1) is 11.3 Å². The molecule has 6 heteroatoms. The molecule has 0 saturated carbocycles. The number of carboxylic acid groups (broad SMARTS) is 1. The van der Waals surface area contributed by atoms with Crippen LogP contribution >= 0.6 is 15.9 Å². The van der Waals surface area contributed by atoms with Gasteiger partial charge in [0.25, 0.3) is 0 Å². The average molecular weight is 280 g/mol. The van der Waals surface area contributed by atoms with E-state index in [0.29, 0.717) is 26.9 Å². The third-order valence-corrected chi connectivity index (χ3v) is 2.52. The highest BCUT2D eigenvalue weighted by Crippen LogP contribution is 2.20. The number of aliphatic carboxylic acids is 1. The zero-order valence-electron chi connectivity index (χ0n) is 7.99. The van der Waals surface area contributed by atoms with Gasteiger partial charge in [-0.15, -0.1) is 0 Å². The van der Waals surface area contributed by atoms with Gasteiger partial charge in [0, 0.05) is 0 Å². The van der Waals surface area contributed by atoms with E-state index >= 15 is 0 Å². The molecule has 1 heterocycles. The lowest BCUT2D eigenvalue weighted by Crippen LogP contribution is -2.02. The van der Waals surface area contributed by atoms with Crippen molar-refractivity contribution in [2.24, 2.45) is 0 Å². The number of H-pyrrole nitrogens is 1. The quantitative estimate of drug-likeness (QED) is 0.878. The minimum atomic E-state index is -0.963. The van der Waals surface area contributed by atoms with Crippen LogP contribution in [0.4, 0.5) is 0 Å². The number of imidazole rings is 1. The minimum absolute atomic E-state index is 0.171. The molecule has 5 nitrogen and oxygen atoms in total. The molecule has 80 valence electrons. The number of hydrogen-bond donors (Lipinski definition) is 2. The van der Waals surface area contributed by atoms with Crippen molar-refractivity contribution in [3.05, 3.63) is 28.0 Å². The summed E-state index contributed by atoms with van der Waals surface area (Å²) in [7, 11) is 0. The van der Waals surface area contributed by atoms with E-state index in [1.165, 1.54) is 0 Å². The maximum atomic E-state index is 10.6. The predicted molar refractivity (Wildman–Crippen MR) is 59.8 cm³/mol. The smallest absolute Gasteiger partial charge is 0.307 e. The maximum absolute atomic E-state index is 10.6. The van der Waals surface area contributed by atoms with Crippen LogP contribution in [0.1, 0.15) is 11.1 Å². The van der Waals surface area contributed by atoms with Crippen LogP contribution in [0.25, 0.3) is 11.0 Å². The molecule has 0 atom stereocenters. The molecule has 1 aromatic heterocycles. The topological polar surface area (TPSA) is 89.8 Å². The largest absolute Gasteiger partial charge is 0.481 e. The number of nitrogens with one attached hydrogen (secondary N) is 1. The number of fused-ring (bicyclic) bond motifs is 1. The van der Waals surface area contributed by atoms with Gasteiger partial charge in [-0.1, -0.05) is 0 Å². The van der Waals surface area contributed by atoms with E-state index in [1.807, 2.05) is 6.07 Å². The van der Waals surface area contributed by atoms with Gasteiger partial charge in [0.15, 0.2) is 4.73 Å². The Morgan fingerprint density at radius 1 is 1.62 bits per heavy atom. The van der Waals surface area contributed by atoms with Crippen molar-refractivity contribution in [1.29, 1.82) is 5.26 Å². The molecule has 0 spiro atoms. The first-order chi connectivity index (χ1) is 7.60. The van der Waals surface area contributed by atoms with Crippen LogP contribution in [0.5, 0.6) is 0 Å². The van der Waals surface area contributed by atoms with Gasteiger partial charge in [-0.05, 0) is 33.6 Å². The molecule has 2 aromatic rings. The molecule has 0 aliphatic heterocycles.